The number of likely N-dealkylation sites (N-methyl/N-ethyl adjacent to an activating group) is 1. The minimum atomic E-state index is -3.75. The zero-order chi connectivity index (χ0) is 16.9. The van der Waals surface area contributed by atoms with Gasteiger partial charge < -0.3 is 4.90 Å². The molecule has 0 saturated carbocycles. The van der Waals surface area contributed by atoms with Crippen LogP contribution in [0, 0.1) is 0 Å². The number of halogens is 1. The van der Waals surface area contributed by atoms with E-state index < -0.39 is 10.0 Å². The summed E-state index contributed by atoms with van der Waals surface area (Å²) in [4.78, 5) is 13.9. The van der Waals surface area contributed by atoms with E-state index in [9.17, 15) is 13.2 Å². The number of rotatable bonds is 6. The first-order chi connectivity index (χ1) is 10.9. The topological polar surface area (TPSA) is 66.5 Å². The fourth-order valence-electron chi connectivity index (χ4n) is 2.06. The molecule has 122 valence electrons. The van der Waals surface area contributed by atoms with Gasteiger partial charge in [0.25, 0.3) is 0 Å². The van der Waals surface area contributed by atoms with E-state index in [0.717, 1.165) is 5.69 Å². The molecule has 0 spiro atoms. The van der Waals surface area contributed by atoms with Gasteiger partial charge in [-0.25, -0.2) is 13.1 Å². The van der Waals surface area contributed by atoms with Gasteiger partial charge in [0, 0.05) is 17.3 Å². The summed E-state index contributed by atoms with van der Waals surface area (Å²) in [5.41, 5.74) is 0.727. The second-order valence-corrected chi connectivity index (χ2v) is 6.96. The molecule has 1 amide bonds. The molecule has 2 aromatic carbocycles. The van der Waals surface area contributed by atoms with E-state index in [1.54, 1.807) is 12.1 Å². The third-order valence-electron chi connectivity index (χ3n) is 3.22. The smallest absolute Gasteiger partial charge is 0.242 e. The normalized spacial score (nSPS) is 11.2. The highest BCUT2D eigenvalue weighted by Crippen LogP contribution is 2.15. The standard InChI is InChI=1S/C16H17ClN2O3S/c1-2-19(14-6-4-3-5-7-14)16(20)12-18-23(21,22)15-10-8-13(17)9-11-15/h3-11,18H,2,12H2,1H3. The summed E-state index contributed by atoms with van der Waals surface area (Å²) in [5, 5.41) is 0.446. The fraction of sp³-hybridized carbons (Fsp3) is 0.188. The van der Waals surface area contributed by atoms with Gasteiger partial charge in [-0.2, -0.15) is 0 Å². The lowest BCUT2D eigenvalue weighted by atomic mass is 10.3. The molecule has 0 unspecified atom stereocenters. The number of anilines is 1. The molecule has 0 fully saturated rings. The van der Waals surface area contributed by atoms with Crippen molar-refractivity contribution in [3.05, 3.63) is 59.6 Å². The van der Waals surface area contributed by atoms with Crippen LogP contribution in [0.2, 0.25) is 5.02 Å². The van der Waals surface area contributed by atoms with E-state index in [1.165, 1.54) is 29.2 Å². The van der Waals surface area contributed by atoms with Crippen LogP contribution in [0.15, 0.2) is 59.5 Å². The van der Waals surface area contributed by atoms with Gasteiger partial charge in [-0.05, 0) is 43.3 Å². The quantitative estimate of drug-likeness (QED) is 0.869. The number of carbonyl (C=O) groups is 1. The number of benzene rings is 2. The lowest BCUT2D eigenvalue weighted by molar-refractivity contribution is -0.117. The molecular weight excluding hydrogens is 336 g/mol. The number of carbonyl (C=O) groups excluding carboxylic acids is 1. The maximum absolute atomic E-state index is 12.3. The Hall–Kier alpha value is -1.89. The molecule has 5 nitrogen and oxygen atoms in total. The Morgan fingerprint density at radius 1 is 1.09 bits per heavy atom. The number of hydrogen-bond acceptors (Lipinski definition) is 3. The van der Waals surface area contributed by atoms with Gasteiger partial charge in [-0.1, -0.05) is 29.8 Å². The van der Waals surface area contributed by atoms with Crippen molar-refractivity contribution in [2.45, 2.75) is 11.8 Å². The molecule has 0 radical (unpaired) electrons. The fourth-order valence-corrected chi connectivity index (χ4v) is 3.16. The Morgan fingerprint density at radius 3 is 2.26 bits per heavy atom. The third kappa shape index (κ3) is 4.54. The van der Waals surface area contributed by atoms with E-state index in [0.29, 0.717) is 11.6 Å². The van der Waals surface area contributed by atoms with Gasteiger partial charge in [-0.3, -0.25) is 4.79 Å². The number of nitrogens with zero attached hydrogens (tertiary/aromatic N) is 1. The average Bonchev–Trinajstić information content (AvgIpc) is 2.55. The molecule has 2 aromatic rings. The number of para-hydroxylation sites is 1. The van der Waals surface area contributed by atoms with Crippen LogP contribution in [0.1, 0.15) is 6.92 Å². The summed E-state index contributed by atoms with van der Waals surface area (Å²) >= 11 is 5.74. The zero-order valence-corrected chi connectivity index (χ0v) is 14.1. The van der Waals surface area contributed by atoms with Crippen molar-refractivity contribution in [2.75, 3.05) is 18.0 Å². The van der Waals surface area contributed by atoms with Crippen LogP contribution in [-0.4, -0.2) is 27.4 Å². The number of hydrogen-bond donors (Lipinski definition) is 1. The molecule has 1 N–H and O–H groups in total. The van der Waals surface area contributed by atoms with Crippen LogP contribution < -0.4 is 9.62 Å². The summed E-state index contributed by atoms with van der Waals surface area (Å²) in [6, 6.07) is 14.9. The minimum absolute atomic E-state index is 0.0671. The Bertz CT molecular complexity index is 762. The molecule has 0 aromatic heterocycles. The molecular formula is C16H17ClN2O3S. The lowest BCUT2D eigenvalue weighted by Crippen LogP contribution is -2.40. The van der Waals surface area contributed by atoms with Crippen LogP contribution in [0.5, 0.6) is 0 Å². The maximum atomic E-state index is 12.3. The van der Waals surface area contributed by atoms with Gasteiger partial charge in [0.2, 0.25) is 15.9 Å². The Balaban J connectivity index is 2.07. The van der Waals surface area contributed by atoms with Crippen LogP contribution in [0.4, 0.5) is 5.69 Å². The first-order valence-corrected chi connectivity index (χ1v) is 8.91. The summed E-state index contributed by atoms with van der Waals surface area (Å²) in [5.74, 6) is -0.323. The molecule has 7 heteroatoms. The van der Waals surface area contributed by atoms with Crippen molar-refractivity contribution < 1.29 is 13.2 Å². The van der Waals surface area contributed by atoms with E-state index in [1.807, 2.05) is 25.1 Å². The predicted octanol–water partition coefficient (Wildman–Crippen LogP) is 2.67. The molecule has 0 aliphatic heterocycles. The van der Waals surface area contributed by atoms with E-state index in [-0.39, 0.29) is 17.3 Å². The van der Waals surface area contributed by atoms with E-state index >= 15 is 0 Å². The monoisotopic (exact) mass is 352 g/mol. The van der Waals surface area contributed by atoms with Crippen molar-refractivity contribution in [1.82, 2.24) is 4.72 Å². The van der Waals surface area contributed by atoms with Crippen LogP contribution in [0.25, 0.3) is 0 Å². The van der Waals surface area contributed by atoms with E-state index in [2.05, 4.69) is 4.72 Å². The van der Waals surface area contributed by atoms with Gasteiger partial charge in [0.05, 0.1) is 11.4 Å². The van der Waals surface area contributed by atoms with Crippen molar-refractivity contribution in [3.63, 3.8) is 0 Å². The van der Waals surface area contributed by atoms with Crippen molar-refractivity contribution >= 4 is 33.2 Å². The summed E-state index contributed by atoms with van der Waals surface area (Å²) in [6.45, 7) is 1.97. The average molecular weight is 353 g/mol. The first kappa shape index (κ1) is 17.5. The predicted molar refractivity (Wildman–Crippen MR) is 91.1 cm³/mol. The molecule has 0 bridgehead atoms. The highest BCUT2D eigenvalue weighted by molar-refractivity contribution is 7.89. The maximum Gasteiger partial charge on any atom is 0.242 e. The summed E-state index contributed by atoms with van der Waals surface area (Å²) < 4.78 is 26.7. The Morgan fingerprint density at radius 2 is 1.70 bits per heavy atom. The second-order valence-electron chi connectivity index (χ2n) is 4.75. The Labute approximate surface area is 140 Å². The van der Waals surface area contributed by atoms with Crippen molar-refractivity contribution in [2.24, 2.45) is 0 Å². The molecule has 0 aliphatic rings. The molecule has 0 heterocycles. The highest BCUT2D eigenvalue weighted by Gasteiger charge is 2.19. The van der Waals surface area contributed by atoms with E-state index in [4.69, 9.17) is 11.6 Å². The summed E-state index contributed by atoms with van der Waals surface area (Å²) in [7, 11) is -3.75. The Kier molecular flexibility index (Phi) is 5.76. The van der Waals surface area contributed by atoms with Gasteiger partial charge in [-0.15, -0.1) is 0 Å². The van der Waals surface area contributed by atoms with Gasteiger partial charge >= 0.3 is 0 Å². The second kappa shape index (κ2) is 7.59. The summed E-state index contributed by atoms with van der Waals surface area (Å²) in [6.07, 6.45) is 0. The zero-order valence-electron chi connectivity index (χ0n) is 12.6. The van der Waals surface area contributed by atoms with Crippen molar-refractivity contribution in [3.8, 4) is 0 Å². The third-order valence-corrected chi connectivity index (χ3v) is 4.89. The largest absolute Gasteiger partial charge is 0.312 e. The van der Waals surface area contributed by atoms with Crippen LogP contribution in [-0.2, 0) is 14.8 Å². The molecule has 23 heavy (non-hydrogen) atoms. The molecule has 0 aliphatic carbocycles. The lowest BCUT2D eigenvalue weighted by Gasteiger charge is -2.21. The van der Waals surface area contributed by atoms with Crippen LogP contribution in [0.3, 0.4) is 0 Å². The number of nitrogens with one attached hydrogen (secondary N) is 1. The minimum Gasteiger partial charge on any atom is -0.312 e. The van der Waals surface area contributed by atoms with Gasteiger partial charge in [0.1, 0.15) is 0 Å². The van der Waals surface area contributed by atoms with Gasteiger partial charge in [0.15, 0.2) is 0 Å². The highest BCUT2D eigenvalue weighted by atomic mass is 35.5. The SMILES string of the molecule is CCN(C(=O)CNS(=O)(=O)c1ccc(Cl)cc1)c1ccccc1. The molecule has 0 saturated heterocycles. The van der Waals surface area contributed by atoms with Crippen LogP contribution >= 0.6 is 11.6 Å². The molecule has 0 atom stereocenters. The number of sulfonamides is 1. The first-order valence-electron chi connectivity index (χ1n) is 7.04. The molecule has 2 rings (SSSR count). The number of amides is 1. The van der Waals surface area contributed by atoms with Crippen molar-refractivity contribution in [1.29, 1.82) is 0 Å².